The van der Waals surface area contributed by atoms with Crippen molar-refractivity contribution in [3.8, 4) is 5.75 Å². The highest BCUT2D eigenvalue weighted by molar-refractivity contribution is 7.88. The number of hydrogen-bond acceptors (Lipinski definition) is 4. The molecule has 0 aromatic heterocycles. The fraction of sp³-hybridized carbons (Fsp3) is 0.235. The number of amides is 1. The second-order valence-electron chi connectivity index (χ2n) is 5.57. The molecule has 0 radical (unpaired) electrons. The lowest BCUT2D eigenvalue weighted by molar-refractivity contribution is -0.116. The first-order chi connectivity index (χ1) is 12.2. The van der Waals surface area contributed by atoms with Gasteiger partial charge in [0, 0.05) is 6.42 Å². The summed E-state index contributed by atoms with van der Waals surface area (Å²) in [6.45, 7) is 0. The lowest BCUT2D eigenvalue weighted by Crippen LogP contribution is -2.30. The molecular weight excluding hydrogens is 399 g/mol. The van der Waals surface area contributed by atoms with Gasteiger partial charge in [0.1, 0.15) is 5.75 Å². The minimum Gasteiger partial charge on any atom is -0.497 e. The van der Waals surface area contributed by atoms with E-state index in [1.165, 1.54) is 7.11 Å². The summed E-state index contributed by atoms with van der Waals surface area (Å²) in [5.74, 6) is 0.216. The lowest BCUT2D eigenvalue weighted by Gasteiger charge is -2.18. The van der Waals surface area contributed by atoms with Crippen LogP contribution in [0.4, 0.5) is 5.69 Å². The largest absolute Gasteiger partial charge is 0.497 e. The van der Waals surface area contributed by atoms with Crippen molar-refractivity contribution in [1.82, 2.24) is 4.72 Å². The average molecular weight is 417 g/mol. The first-order valence-electron chi connectivity index (χ1n) is 7.54. The molecule has 0 unspecified atom stereocenters. The number of ether oxygens (including phenoxy) is 1. The Morgan fingerprint density at radius 2 is 1.81 bits per heavy atom. The molecule has 26 heavy (non-hydrogen) atoms. The third-order valence-corrected chi connectivity index (χ3v) is 5.02. The highest BCUT2D eigenvalue weighted by Crippen LogP contribution is 2.30. The highest BCUT2D eigenvalue weighted by Gasteiger charge is 2.20. The van der Waals surface area contributed by atoms with Gasteiger partial charge in [0.15, 0.2) is 0 Å². The van der Waals surface area contributed by atoms with Crippen LogP contribution < -0.4 is 14.8 Å². The van der Waals surface area contributed by atoms with Crippen LogP contribution in [0.5, 0.6) is 5.75 Å². The van der Waals surface area contributed by atoms with Gasteiger partial charge in [-0.15, -0.1) is 0 Å². The summed E-state index contributed by atoms with van der Waals surface area (Å²) in [5.41, 5.74) is 0.987. The zero-order valence-corrected chi connectivity index (χ0v) is 16.5. The Bertz CT molecular complexity index is 886. The van der Waals surface area contributed by atoms with Gasteiger partial charge < -0.3 is 10.1 Å². The van der Waals surface area contributed by atoms with E-state index in [1.807, 2.05) is 0 Å². The molecule has 140 valence electrons. The fourth-order valence-corrected chi connectivity index (χ4v) is 3.39. The first-order valence-corrected chi connectivity index (χ1v) is 10.2. The monoisotopic (exact) mass is 416 g/mol. The maximum Gasteiger partial charge on any atom is 0.226 e. The van der Waals surface area contributed by atoms with Crippen LogP contribution in [0.3, 0.4) is 0 Å². The summed E-state index contributed by atoms with van der Waals surface area (Å²) in [7, 11) is -2.00. The minimum absolute atomic E-state index is 0.123. The Morgan fingerprint density at radius 1 is 1.15 bits per heavy atom. The molecule has 0 saturated heterocycles. The molecule has 2 rings (SSSR count). The van der Waals surface area contributed by atoms with Crippen LogP contribution in [0.15, 0.2) is 42.5 Å². The van der Waals surface area contributed by atoms with Crippen molar-refractivity contribution in [3.63, 3.8) is 0 Å². The molecule has 0 fully saturated rings. The normalized spacial score (nSPS) is 12.5. The molecule has 2 N–H and O–H groups in total. The molecule has 1 atom stereocenters. The van der Waals surface area contributed by atoms with Crippen molar-refractivity contribution in [2.24, 2.45) is 0 Å². The minimum atomic E-state index is -3.53. The van der Waals surface area contributed by atoms with Gasteiger partial charge in [-0.3, -0.25) is 4.79 Å². The van der Waals surface area contributed by atoms with Crippen molar-refractivity contribution in [2.75, 3.05) is 18.7 Å². The molecule has 2 aromatic carbocycles. The van der Waals surface area contributed by atoms with E-state index in [9.17, 15) is 13.2 Å². The van der Waals surface area contributed by atoms with E-state index in [1.54, 1.807) is 42.5 Å². The molecule has 0 spiro atoms. The summed E-state index contributed by atoms with van der Waals surface area (Å²) >= 11 is 12.0. The molecule has 1 amide bonds. The zero-order valence-electron chi connectivity index (χ0n) is 14.1. The maximum absolute atomic E-state index is 12.4. The summed E-state index contributed by atoms with van der Waals surface area (Å²) in [6.07, 6.45) is 0.914. The van der Waals surface area contributed by atoms with Crippen LogP contribution in [-0.2, 0) is 14.8 Å². The number of sulfonamides is 1. The number of nitrogens with one attached hydrogen (secondary N) is 2. The maximum atomic E-state index is 12.4. The van der Waals surface area contributed by atoms with Crippen LogP contribution >= 0.6 is 23.2 Å². The van der Waals surface area contributed by atoms with E-state index in [-0.39, 0.29) is 11.4 Å². The number of anilines is 1. The number of carbonyl (C=O) groups excluding carboxylic acids is 1. The van der Waals surface area contributed by atoms with Gasteiger partial charge in [-0.2, -0.15) is 0 Å². The standard InChI is InChI=1S/C17H18Cl2N2O4S/c1-25-12-8-6-11(7-9-12)15(21-26(2,23)24)10-16(22)20-14-5-3-4-13(18)17(14)19/h3-9,15,21H,10H2,1-2H3,(H,20,22)/t15-/m1/s1. The van der Waals surface area contributed by atoms with Crippen molar-refractivity contribution in [1.29, 1.82) is 0 Å². The van der Waals surface area contributed by atoms with Gasteiger partial charge in [0.2, 0.25) is 15.9 Å². The van der Waals surface area contributed by atoms with E-state index in [2.05, 4.69) is 10.0 Å². The van der Waals surface area contributed by atoms with Crippen molar-refractivity contribution >= 4 is 44.8 Å². The number of benzene rings is 2. The SMILES string of the molecule is COc1ccc([C@@H](CC(=O)Nc2cccc(Cl)c2Cl)NS(C)(=O)=O)cc1. The summed E-state index contributed by atoms with van der Waals surface area (Å²) in [6, 6.07) is 10.9. The number of methoxy groups -OCH3 is 1. The van der Waals surface area contributed by atoms with Gasteiger partial charge in [-0.1, -0.05) is 41.4 Å². The molecule has 9 heteroatoms. The molecule has 0 aliphatic heterocycles. The van der Waals surface area contributed by atoms with E-state index in [4.69, 9.17) is 27.9 Å². The Hall–Kier alpha value is -1.80. The number of hydrogen-bond donors (Lipinski definition) is 2. The summed E-state index contributed by atoms with van der Waals surface area (Å²) in [5, 5.41) is 3.18. The van der Waals surface area contributed by atoms with Crippen LogP contribution in [0.25, 0.3) is 0 Å². The molecule has 0 heterocycles. The van der Waals surface area contributed by atoms with Crippen LogP contribution in [-0.4, -0.2) is 27.7 Å². The van der Waals surface area contributed by atoms with Crippen molar-refractivity contribution in [3.05, 3.63) is 58.1 Å². The topological polar surface area (TPSA) is 84.5 Å². The third kappa shape index (κ3) is 5.88. The van der Waals surface area contributed by atoms with Gasteiger partial charge >= 0.3 is 0 Å². The smallest absolute Gasteiger partial charge is 0.226 e. The Labute approximate surface area is 162 Å². The van der Waals surface area contributed by atoms with Crippen molar-refractivity contribution < 1.29 is 17.9 Å². The summed E-state index contributed by atoms with van der Waals surface area (Å²) < 4.78 is 30.9. The van der Waals surface area contributed by atoms with Crippen LogP contribution in [0.1, 0.15) is 18.0 Å². The van der Waals surface area contributed by atoms with Crippen LogP contribution in [0, 0.1) is 0 Å². The average Bonchev–Trinajstić information content (AvgIpc) is 2.57. The predicted octanol–water partition coefficient (Wildman–Crippen LogP) is 3.62. The molecule has 0 aliphatic carbocycles. The molecular formula is C17H18Cl2N2O4S. The highest BCUT2D eigenvalue weighted by atomic mass is 35.5. The van der Waals surface area contributed by atoms with Gasteiger partial charge in [0.25, 0.3) is 0 Å². The molecule has 0 bridgehead atoms. The lowest BCUT2D eigenvalue weighted by atomic mass is 10.0. The number of carbonyl (C=O) groups is 1. The van der Waals surface area contributed by atoms with E-state index >= 15 is 0 Å². The Balaban J connectivity index is 2.19. The van der Waals surface area contributed by atoms with Crippen molar-refractivity contribution in [2.45, 2.75) is 12.5 Å². The van der Waals surface area contributed by atoms with Gasteiger partial charge in [-0.05, 0) is 29.8 Å². The fourth-order valence-electron chi connectivity index (χ4n) is 2.31. The van der Waals surface area contributed by atoms with E-state index < -0.39 is 22.0 Å². The van der Waals surface area contributed by atoms with Gasteiger partial charge in [0.05, 0.1) is 35.1 Å². The zero-order chi connectivity index (χ0) is 19.3. The first kappa shape index (κ1) is 20.5. The van der Waals surface area contributed by atoms with E-state index in [0.717, 1.165) is 6.26 Å². The number of rotatable bonds is 7. The Kier molecular flexibility index (Phi) is 6.88. The quantitative estimate of drug-likeness (QED) is 0.721. The molecule has 0 aliphatic rings. The molecule has 6 nitrogen and oxygen atoms in total. The Morgan fingerprint density at radius 3 is 2.38 bits per heavy atom. The number of halogens is 2. The van der Waals surface area contributed by atoms with E-state index in [0.29, 0.717) is 22.0 Å². The molecule has 2 aromatic rings. The van der Waals surface area contributed by atoms with Gasteiger partial charge in [-0.25, -0.2) is 13.1 Å². The second kappa shape index (κ2) is 8.73. The second-order valence-corrected chi connectivity index (χ2v) is 8.13. The third-order valence-electron chi connectivity index (χ3n) is 3.49. The predicted molar refractivity (Wildman–Crippen MR) is 103 cm³/mol. The van der Waals surface area contributed by atoms with Crippen LogP contribution in [0.2, 0.25) is 10.0 Å². The summed E-state index contributed by atoms with van der Waals surface area (Å²) in [4.78, 5) is 12.4. The molecule has 0 saturated carbocycles.